The molecule has 1 saturated heterocycles. The fourth-order valence-electron chi connectivity index (χ4n) is 8.58. The number of ether oxygens (including phenoxy) is 2. The van der Waals surface area contributed by atoms with Crippen LogP contribution in [-0.2, 0) is 43.3 Å². The van der Waals surface area contributed by atoms with Crippen LogP contribution in [0.5, 0.6) is 0 Å². The summed E-state index contributed by atoms with van der Waals surface area (Å²) in [5, 5.41) is 0. The number of carbonyl (C=O) groups excluding carboxylic acids is 2. The molecule has 0 radical (unpaired) electrons. The molecule has 1 fully saturated rings. The Morgan fingerprint density at radius 3 is 1.72 bits per heavy atom. The Labute approximate surface area is 410 Å². The molecule has 2 aliphatic carbocycles. The molecule has 2 bridgehead atoms. The van der Waals surface area contributed by atoms with Gasteiger partial charge in [0.25, 0.3) is 0 Å². The number of unbranched alkanes of at least 4 members (excludes halogenated alkanes) is 7. The minimum Gasteiger partial charge on any atom is -0.458 e. The minimum absolute atomic E-state index is 0.0209. The van der Waals surface area contributed by atoms with Gasteiger partial charge >= 0.3 is 11.9 Å². The van der Waals surface area contributed by atoms with Crippen LogP contribution >= 0.6 is 64.1 Å². The number of benzene rings is 2. The second-order valence-corrected chi connectivity index (χ2v) is 25.7. The molecule has 0 amide bonds. The molecular formula is C50H74O9P2S4. The smallest absolute Gasteiger partial charge is 0.338 e. The first-order valence-electron chi connectivity index (χ1n) is 23.8. The molecule has 3 aliphatic rings. The Morgan fingerprint density at radius 2 is 1.18 bits per heavy atom. The number of hydrogen-bond acceptors (Lipinski definition) is 13. The average molecular weight is 1010 g/mol. The van der Waals surface area contributed by atoms with Gasteiger partial charge in [-0.25, -0.2) is 9.59 Å². The Bertz CT molecular complexity index is 1760. The lowest BCUT2D eigenvalue weighted by Crippen LogP contribution is -2.28. The van der Waals surface area contributed by atoms with Gasteiger partial charge in [-0.1, -0.05) is 99.9 Å². The van der Waals surface area contributed by atoms with Crippen LogP contribution in [0.4, 0.5) is 0 Å². The molecule has 5 atom stereocenters. The molecule has 0 aromatic heterocycles. The van der Waals surface area contributed by atoms with E-state index in [4.69, 9.17) is 31.8 Å². The average Bonchev–Trinajstić information content (AvgIpc) is 4.04. The van der Waals surface area contributed by atoms with E-state index in [-0.39, 0.29) is 26.5 Å². The molecule has 2 aromatic rings. The van der Waals surface area contributed by atoms with Gasteiger partial charge in [-0.2, -0.15) is 11.8 Å². The van der Waals surface area contributed by atoms with Gasteiger partial charge in [0.15, 0.2) is 16.8 Å². The van der Waals surface area contributed by atoms with E-state index in [1.54, 1.807) is 12.1 Å². The number of carbonyl (C=O) groups is 2. The number of hydrogen-bond donors (Lipinski definition) is 0. The van der Waals surface area contributed by atoms with Crippen molar-refractivity contribution in [3.05, 3.63) is 95.1 Å². The van der Waals surface area contributed by atoms with Crippen LogP contribution < -0.4 is 0 Å². The van der Waals surface area contributed by atoms with Crippen molar-refractivity contribution in [3.8, 4) is 0 Å². The van der Waals surface area contributed by atoms with Gasteiger partial charge in [-0.3, -0.25) is 0 Å². The summed E-state index contributed by atoms with van der Waals surface area (Å²) in [6.45, 7) is 13.5. The third-order valence-corrected chi connectivity index (χ3v) is 22.7. The quantitative estimate of drug-likeness (QED) is 0.0219. The molecule has 5 unspecified atom stereocenters. The topological polar surface area (TPSA) is 98.8 Å². The van der Waals surface area contributed by atoms with Gasteiger partial charge in [-0.05, 0) is 114 Å². The summed E-state index contributed by atoms with van der Waals surface area (Å²) in [6, 6.07) is 14.9. The third kappa shape index (κ3) is 16.5. The lowest BCUT2D eigenvalue weighted by molar-refractivity contribution is 0.0265. The molecule has 2 aromatic carbocycles. The molecule has 362 valence electrons. The standard InChI is InChI=1S/C50H74O9P2S4/c1-7-55-60(56-8-2)45-29-33-48(37-45,62-6)30-18-16-14-12-13-15-17-19-31-49-32-28-44(36-49)50(65-49,61(57-9-3)58-10-4)63-38-40-20-24-42(25-21-40)46(51)53-34-35-54-47(52)43-26-22-41(23-27-43)39-64-59-11-5/h20-29,32-33,44-45H,7-19,30-31,34-39H2,1-6H3. The molecule has 0 spiro atoms. The van der Waals surface area contributed by atoms with Crippen molar-refractivity contribution in [3.63, 3.8) is 0 Å². The van der Waals surface area contributed by atoms with E-state index in [2.05, 4.69) is 70.0 Å². The predicted octanol–water partition coefficient (Wildman–Crippen LogP) is 14.9. The first-order chi connectivity index (χ1) is 31.7. The largest absolute Gasteiger partial charge is 0.458 e. The van der Waals surface area contributed by atoms with Crippen LogP contribution in [-0.4, -0.2) is 83.4 Å². The van der Waals surface area contributed by atoms with Crippen molar-refractivity contribution >= 4 is 76.0 Å². The lowest BCUT2D eigenvalue weighted by atomic mass is 9.96. The van der Waals surface area contributed by atoms with Crippen molar-refractivity contribution in [2.45, 2.75) is 142 Å². The molecule has 5 rings (SSSR count). The number of esters is 2. The molecular weight excluding hydrogens is 935 g/mol. The van der Waals surface area contributed by atoms with Crippen molar-refractivity contribution in [1.82, 2.24) is 0 Å². The van der Waals surface area contributed by atoms with E-state index in [9.17, 15) is 9.59 Å². The minimum atomic E-state index is -1.14. The van der Waals surface area contributed by atoms with Gasteiger partial charge in [0.1, 0.15) is 17.0 Å². The Balaban J connectivity index is 1.01. The van der Waals surface area contributed by atoms with Crippen LogP contribution in [0.15, 0.2) is 72.8 Å². The van der Waals surface area contributed by atoms with E-state index in [0.29, 0.717) is 61.5 Å². The van der Waals surface area contributed by atoms with Crippen LogP contribution in [0.2, 0.25) is 0 Å². The molecule has 0 N–H and O–H groups in total. The maximum Gasteiger partial charge on any atom is 0.338 e. The fourth-order valence-corrected chi connectivity index (χ4v) is 18.7. The molecule has 9 nitrogen and oxygen atoms in total. The normalized spacial score (nSPS) is 23.3. The first kappa shape index (κ1) is 54.9. The summed E-state index contributed by atoms with van der Waals surface area (Å²) < 4.78 is 41.1. The van der Waals surface area contributed by atoms with Crippen LogP contribution in [0.25, 0.3) is 0 Å². The summed E-state index contributed by atoms with van der Waals surface area (Å²) in [6.07, 6.45) is 27.1. The summed E-state index contributed by atoms with van der Waals surface area (Å²) in [5.41, 5.74) is 3.52. The first-order valence-corrected chi connectivity index (χ1v) is 30.2. The maximum absolute atomic E-state index is 12.9. The summed E-state index contributed by atoms with van der Waals surface area (Å²) in [5.74, 6) is 0.965. The Hall–Kier alpha value is -1.08. The number of fused-ring (bicyclic) bond motifs is 2. The zero-order chi connectivity index (χ0) is 46.4. The highest BCUT2D eigenvalue weighted by Gasteiger charge is 2.62. The number of rotatable bonds is 34. The number of thioether (sulfide) groups is 3. The summed E-state index contributed by atoms with van der Waals surface area (Å²) >= 11 is 7.43. The molecule has 65 heavy (non-hydrogen) atoms. The van der Waals surface area contributed by atoms with Gasteiger partial charge in [0, 0.05) is 32.6 Å². The zero-order valence-corrected chi connectivity index (χ0v) is 44.7. The van der Waals surface area contributed by atoms with Crippen molar-refractivity contribution in [1.29, 1.82) is 0 Å². The summed E-state index contributed by atoms with van der Waals surface area (Å²) in [7, 11) is -1.98. The lowest BCUT2D eigenvalue weighted by Gasteiger charge is -2.41. The highest BCUT2D eigenvalue weighted by Crippen LogP contribution is 2.77. The van der Waals surface area contributed by atoms with Crippen molar-refractivity contribution in [2.24, 2.45) is 5.92 Å². The van der Waals surface area contributed by atoms with Gasteiger partial charge in [0.2, 0.25) is 0 Å². The van der Waals surface area contributed by atoms with Crippen molar-refractivity contribution < 1.29 is 41.3 Å². The zero-order valence-electron chi connectivity index (χ0n) is 39.6. The highest BCUT2D eigenvalue weighted by molar-refractivity contribution is 8.25. The number of allylic oxidation sites excluding steroid dienone is 2. The van der Waals surface area contributed by atoms with Gasteiger partial charge in [0.05, 0.1) is 44.2 Å². The summed E-state index contributed by atoms with van der Waals surface area (Å²) in [4.78, 5) is 25.4. The second-order valence-electron chi connectivity index (χ2n) is 16.5. The molecule has 1 aliphatic heterocycles. The van der Waals surface area contributed by atoms with E-state index < -0.39 is 28.7 Å². The van der Waals surface area contributed by atoms with Crippen LogP contribution in [0.3, 0.4) is 0 Å². The van der Waals surface area contributed by atoms with E-state index in [1.807, 2.05) is 66.8 Å². The van der Waals surface area contributed by atoms with E-state index in [0.717, 1.165) is 29.7 Å². The van der Waals surface area contributed by atoms with E-state index in [1.165, 1.54) is 76.3 Å². The Kier molecular flexibility index (Phi) is 24.6. The maximum atomic E-state index is 12.9. The third-order valence-electron chi connectivity index (χ3n) is 11.9. The SMILES string of the molecule is CCOSCc1ccc(C(=O)OCCOC(=O)c2ccc(CSC3(P(OCC)OCC)SC4(CCCCCCCCCCC5(SC)C=CC(P(OCC)OCC)C5)C=CC3C4)cc2)cc1. The van der Waals surface area contributed by atoms with Gasteiger partial charge in [-0.15, -0.1) is 23.5 Å². The monoisotopic (exact) mass is 1010 g/mol. The van der Waals surface area contributed by atoms with E-state index >= 15 is 0 Å². The van der Waals surface area contributed by atoms with Crippen molar-refractivity contribution in [2.75, 3.05) is 52.5 Å². The predicted molar refractivity (Wildman–Crippen MR) is 278 cm³/mol. The highest BCUT2D eigenvalue weighted by atomic mass is 32.2. The van der Waals surface area contributed by atoms with Crippen LogP contribution in [0, 0.1) is 5.92 Å². The fraction of sp³-hybridized carbons (Fsp3) is 0.640. The molecule has 0 saturated carbocycles. The van der Waals surface area contributed by atoms with Gasteiger partial charge < -0.3 is 31.8 Å². The Morgan fingerprint density at radius 1 is 0.646 bits per heavy atom. The molecule has 15 heteroatoms. The second kappa shape index (κ2) is 29.2. The van der Waals surface area contributed by atoms with Crippen LogP contribution in [0.1, 0.15) is 144 Å². The molecule has 1 heterocycles.